The molecule has 0 spiro atoms. The van der Waals surface area contributed by atoms with Crippen LogP contribution < -0.4 is 0 Å². The van der Waals surface area contributed by atoms with Gasteiger partial charge in [-0.05, 0) is 36.0 Å². The van der Waals surface area contributed by atoms with Crippen molar-refractivity contribution in [3.63, 3.8) is 0 Å². The molecule has 0 amide bonds. The molecule has 5 heteroatoms. The summed E-state index contributed by atoms with van der Waals surface area (Å²) in [6.07, 6.45) is 0.689. The summed E-state index contributed by atoms with van der Waals surface area (Å²) in [4.78, 5) is 13.2. The largest absolute Gasteiger partial charge is 0.481 e. The van der Waals surface area contributed by atoms with Crippen molar-refractivity contribution in [2.24, 2.45) is 11.8 Å². The molecule has 1 aliphatic rings. The number of nitrogens with zero attached hydrogens (tertiary/aromatic N) is 1. The third-order valence-electron chi connectivity index (χ3n) is 4.07. The lowest BCUT2D eigenvalue weighted by Crippen LogP contribution is -2.43. The Hall–Kier alpha value is -1.49. The molecule has 3 unspecified atom stereocenters. The highest BCUT2D eigenvalue weighted by Gasteiger charge is 2.30. The number of carboxylic acid groups (broad SMARTS) is 1. The molecule has 2 rings (SSSR count). The topological polar surface area (TPSA) is 40.5 Å². The van der Waals surface area contributed by atoms with Crippen molar-refractivity contribution in [2.45, 2.75) is 26.2 Å². The van der Waals surface area contributed by atoms with E-state index in [0.717, 1.165) is 12.6 Å². The van der Waals surface area contributed by atoms with Crippen LogP contribution in [0.2, 0.25) is 0 Å². The van der Waals surface area contributed by atoms with Gasteiger partial charge in [0.05, 0.1) is 5.92 Å². The number of likely N-dealkylation sites (tertiary alicyclic amines) is 1. The molecule has 1 aromatic rings. The molecule has 21 heavy (non-hydrogen) atoms. The Morgan fingerprint density at radius 1 is 1.33 bits per heavy atom. The van der Waals surface area contributed by atoms with Gasteiger partial charge in [-0.1, -0.05) is 13.8 Å². The quantitative estimate of drug-likeness (QED) is 0.928. The zero-order valence-corrected chi connectivity index (χ0v) is 12.4. The van der Waals surface area contributed by atoms with Crippen molar-refractivity contribution >= 4 is 5.97 Å². The number of hydrogen-bond acceptors (Lipinski definition) is 2. The Morgan fingerprint density at radius 3 is 2.52 bits per heavy atom. The van der Waals surface area contributed by atoms with Crippen LogP contribution in [0.25, 0.3) is 0 Å². The Balaban J connectivity index is 2.04. The van der Waals surface area contributed by atoms with E-state index in [0.29, 0.717) is 31.0 Å². The van der Waals surface area contributed by atoms with E-state index in [2.05, 4.69) is 4.90 Å². The molecule has 0 aliphatic carbocycles. The standard InChI is InChI=1S/C16H21F2NO2/c1-10-3-13(16(20)21)9-19(7-10)8-11(2)12-4-14(17)6-15(18)5-12/h4-6,10-11,13H,3,7-9H2,1-2H3,(H,20,21). The summed E-state index contributed by atoms with van der Waals surface area (Å²) in [5, 5.41) is 9.17. The molecule has 1 aliphatic heterocycles. The molecule has 0 bridgehead atoms. The van der Waals surface area contributed by atoms with Crippen LogP contribution in [0.1, 0.15) is 31.7 Å². The van der Waals surface area contributed by atoms with Crippen molar-refractivity contribution in [2.75, 3.05) is 19.6 Å². The highest BCUT2D eigenvalue weighted by atomic mass is 19.1. The monoisotopic (exact) mass is 297 g/mol. The highest BCUT2D eigenvalue weighted by Crippen LogP contribution is 2.25. The van der Waals surface area contributed by atoms with Gasteiger partial charge in [-0.3, -0.25) is 4.79 Å². The van der Waals surface area contributed by atoms with E-state index in [1.54, 1.807) is 0 Å². The molecule has 0 saturated carbocycles. The molecular weight excluding hydrogens is 276 g/mol. The van der Waals surface area contributed by atoms with Crippen LogP contribution in [0.3, 0.4) is 0 Å². The van der Waals surface area contributed by atoms with Crippen molar-refractivity contribution in [1.82, 2.24) is 4.90 Å². The first-order valence-electron chi connectivity index (χ1n) is 7.26. The SMILES string of the molecule is CC1CC(C(=O)O)CN(CC(C)c2cc(F)cc(F)c2)C1. The van der Waals surface area contributed by atoms with Gasteiger partial charge in [0.1, 0.15) is 11.6 Å². The van der Waals surface area contributed by atoms with Crippen molar-refractivity contribution in [3.8, 4) is 0 Å². The first-order chi connectivity index (χ1) is 9.85. The molecule has 3 nitrogen and oxygen atoms in total. The van der Waals surface area contributed by atoms with E-state index in [1.807, 2.05) is 13.8 Å². The predicted molar refractivity (Wildman–Crippen MR) is 76.1 cm³/mol. The van der Waals surface area contributed by atoms with Gasteiger partial charge in [-0.25, -0.2) is 8.78 Å². The summed E-state index contributed by atoms with van der Waals surface area (Å²) >= 11 is 0. The van der Waals surface area contributed by atoms with Crippen LogP contribution in [0.4, 0.5) is 8.78 Å². The molecule has 0 aromatic heterocycles. The van der Waals surface area contributed by atoms with Gasteiger partial charge in [0.2, 0.25) is 0 Å². The zero-order valence-electron chi connectivity index (χ0n) is 12.4. The van der Waals surface area contributed by atoms with E-state index in [1.165, 1.54) is 12.1 Å². The third kappa shape index (κ3) is 4.24. The molecule has 0 radical (unpaired) electrons. The maximum Gasteiger partial charge on any atom is 0.307 e. The van der Waals surface area contributed by atoms with Crippen LogP contribution in [0.5, 0.6) is 0 Å². The van der Waals surface area contributed by atoms with Gasteiger partial charge < -0.3 is 10.0 Å². The van der Waals surface area contributed by atoms with Gasteiger partial charge >= 0.3 is 5.97 Å². The van der Waals surface area contributed by atoms with Gasteiger partial charge in [0.25, 0.3) is 0 Å². The maximum atomic E-state index is 13.3. The van der Waals surface area contributed by atoms with Gasteiger partial charge in [0, 0.05) is 25.7 Å². The summed E-state index contributed by atoms with van der Waals surface area (Å²) in [5.41, 5.74) is 0.609. The second-order valence-electron chi connectivity index (χ2n) is 6.20. The average molecular weight is 297 g/mol. The Bertz CT molecular complexity index is 501. The van der Waals surface area contributed by atoms with E-state index in [9.17, 15) is 18.7 Å². The van der Waals surface area contributed by atoms with Gasteiger partial charge in [-0.15, -0.1) is 0 Å². The first kappa shape index (κ1) is 15.9. The van der Waals surface area contributed by atoms with Crippen LogP contribution in [-0.2, 0) is 4.79 Å². The number of hydrogen-bond donors (Lipinski definition) is 1. The van der Waals surface area contributed by atoms with Crippen LogP contribution in [-0.4, -0.2) is 35.6 Å². The molecule has 3 atom stereocenters. The lowest BCUT2D eigenvalue weighted by molar-refractivity contribution is -0.144. The number of benzene rings is 1. The molecule has 1 heterocycles. The van der Waals surface area contributed by atoms with Crippen LogP contribution in [0, 0.1) is 23.5 Å². The van der Waals surface area contributed by atoms with Crippen molar-refractivity contribution in [1.29, 1.82) is 0 Å². The lowest BCUT2D eigenvalue weighted by Gasteiger charge is -2.36. The molecule has 1 saturated heterocycles. The average Bonchev–Trinajstić information content (AvgIpc) is 2.36. The smallest absolute Gasteiger partial charge is 0.307 e. The number of carboxylic acids is 1. The van der Waals surface area contributed by atoms with Crippen LogP contribution in [0.15, 0.2) is 18.2 Å². The summed E-state index contributed by atoms with van der Waals surface area (Å²) in [6, 6.07) is 3.55. The van der Waals surface area contributed by atoms with Crippen molar-refractivity contribution in [3.05, 3.63) is 35.4 Å². The third-order valence-corrected chi connectivity index (χ3v) is 4.07. The minimum absolute atomic E-state index is 0.0463. The molecular formula is C16H21F2NO2. The molecule has 1 aromatic carbocycles. The predicted octanol–water partition coefficient (Wildman–Crippen LogP) is 3.11. The number of rotatable bonds is 4. The highest BCUT2D eigenvalue weighted by molar-refractivity contribution is 5.70. The number of halogens is 2. The molecule has 1 N–H and O–H groups in total. The van der Waals surface area contributed by atoms with Crippen LogP contribution >= 0.6 is 0 Å². The Labute approximate surface area is 123 Å². The van der Waals surface area contributed by atoms with Gasteiger partial charge in [0.15, 0.2) is 0 Å². The zero-order chi connectivity index (χ0) is 15.6. The fourth-order valence-corrected chi connectivity index (χ4v) is 3.14. The normalized spacial score (nSPS) is 24.8. The number of carbonyl (C=O) groups is 1. The van der Waals surface area contributed by atoms with E-state index < -0.39 is 17.6 Å². The van der Waals surface area contributed by atoms with Gasteiger partial charge in [-0.2, -0.15) is 0 Å². The summed E-state index contributed by atoms with van der Waals surface area (Å²) < 4.78 is 26.5. The number of piperidine rings is 1. The van der Waals surface area contributed by atoms with E-state index in [4.69, 9.17) is 0 Å². The minimum atomic E-state index is -0.768. The number of aliphatic carboxylic acids is 1. The summed E-state index contributed by atoms with van der Waals surface area (Å²) in [7, 11) is 0. The maximum absolute atomic E-state index is 13.3. The first-order valence-corrected chi connectivity index (χ1v) is 7.26. The summed E-state index contributed by atoms with van der Waals surface area (Å²) in [6.45, 7) is 5.88. The molecule has 116 valence electrons. The Kier molecular flexibility index (Phi) is 4.93. The fourth-order valence-electron chi connectivity index (χ4n) is 3.14. The Morgan fingerprint density at radius 2 is 1.95 bits per heavy atom. The lowest BCUT2D eigenvalue weighted by atomic mass is 9.89. The minimum Gasteiger partial charge on any atom is -0.481 e. The second-order valence-corrected chi connectivity index (χ2v) is 6.20. The second kappa shape index (κ2) is 6.52. The van der Waals surface area contributed by atoms with Crippen molar-refractivity contribution < 1.29 is 18.7 Å². The molecule has 1 fully saturated rings. The fraction of sp³-hybridized carbons (Fsp3) is 0.562. The van der Waals surface area contributed by atoms with E-state index >= 15 is 0 Å². The van der Waals surface area contributed by atoms with E-state index in [-0.39, 0.29) is 11.8 Å². The summed E-state index contributed by atoms with van der Waals surface area (Å²) in [5.74, 6) is -2.01.